The highest BCUT2D eigenvalue weighted by Crippen LogP contribution is 1.93. The summed E-state index contributed by atoms with van der Waals surface area (Å²) in [7, 11) is 3.27. The second-order valence-electron chi connectivity index (χ2n) is 3.18. The largest absolute Gasteiger partial charge is 0.355 e. The Morgan fingerprint density at radius 1 is 1.33 bits per heavy atom. The second-order valence-corrected chi connectivity index (χ2v) is 3.18. The third-order valence-electron chi connectivity index (χ3n) is 2.12. The van der Waals surface area contributed by atoms with Gasteiger partial charge in [0, 0.05) is 45.6 Å². The monoisotopic (exact) mass is 210 g/mol. The number of ether oxygens (including phenoxy) is 2. The van der Waals surface area contributed by atoms with Gasteiger partial charge in [-0.05, 0) is 12.1 Å². The summed E-state index contributed by atoms with van der Waals surface area (Å²) in [5.41, 5.74) is 1.09. The van der Waals surface area contributed by atoms with E-state index in [0.29, 0.717) is 6.54 Å². The van der Waals surface area contributed by atoms with E-state index in [9.17, 15) is 0 Å². The van der Waals surface area contributed by atoms with Gasteiger partial charge in [-0.3, -0.25) is 4.98 Å². The van der Waals surface area contributed by atoms with Gasteiger partial charge in [-0.25, -0.2) is 0 Å². The van der Waals surface area contributed by atoms with Crippen LogP contribution < -0.4 is 5.32 Å². The zero-order chi connectivity index (χ0) is 10.9. The predicted octanol–water partition coefficient (Wildman–Crippen LogP) is 0.833. The minimum absolute atomic E-state index is 0.172. The summed E-state index contributed by atoms with van der Waals surface area (Å²) in [6.45, 7) is 1.57. The molecule has 0 fully saturated rings. The molecule has 0 atom stereocenters. The molecule has 1 heterocycles. The summed E-state index contributed by atoms with van der Waals surface area (Å²) >= 11 is 0. The van der Waals surface area contributed by atoms with Gasteiger partial charge in [0.1, 0.15) is 0 Å². The summed E-state index contributed by atoms with van der Waals surface area (Å²) in [6.07, 6.45) is 2.55. The van der Waals surface area contributed by atoms with Crippen molar-refractivity contribution in [3.8, 4) is 0 Å². The minimum atomic E-state index is -0.172. The lowest BCUT2D eigenvalue weighted by molar-refractivity contribution is -0.0986. The van der Waals surface area contributed by atoms with E-state index in [4.69, 9.17) is 9.47 Å². The highest BCUT2D eigenvalue weighted by molar-refractivity contribution is 5.03. The lowest BCUT2D eigenvalue weighted by atomic mass is 10.3. The standard InChI is InChI=1S/C11H18N2O2/c1-14-11(15-2)9-12-8-6-10-5-3-4-7-13-10/h3-5,7,11-12H,6,8-9H2,1-2H3. The third kappa shape index (κ3) is 4.88. The van der Waals surface area contributed by atoms with Crippen LogP contribution in [0.1, 0.15) is 5.69 Å². The van der Waals surface area contributed by atoms with Crippen LogP contribution in [-0.4, -0.2) is 38.6 Å². The Bertz CT molecular complexity index is 250. The molecule has 0 spiro atoms. The van der Waals surface area contributed by atoms with Gasteiger partial charge in [0.25, 0.3) is 0 Å². The molecule has 1 N–H and O–H groups in total. The molecule has 0 unspecified atom stereocenters. The molecule has 0 aromatic carbocycles. The average Bonchev–Trinajstić information content (AvgIpc) is 2.31. The lowest BCUT2D eigenvalue weighted by Gasteiger charge is -2.13. The Balaban J connectivity index is 2.12. The van der Waals surface area contributed by atoms with Crippen molar-refractivity contribution in [1.29, 1.82) is 0 Å². The molecule has 1 rings (SSSR count). The van der Waals surface area contributed by atoms with Crippen LogP contribution in [0.4, 0.5) is 0 Å². The normalized spacial score (nSPS) is 10.9. The molecule has 0 aliphatic heterocycles. The number of methoxy groups -OCH3 is 2. The van der Waals surface area contributed by atoms with Gasteiger partial charge < -0.3 is 14.8 Å². The van der Waals surface area contributed by atoms with Gasteiger partial charge in [0.2, 0.25) is 0 Å². The molecule has 0 amide bonds. The van der Waals surface area contributed by atoms with Crippen molar-refractivity contribution in [3.05, 3.63) is 30.1 Å². The number of pyridine rings is 1. The zero-order valence-corrected chi connectivity index (χ0v) is 9.27. The smallest absolute Gasteiger partial charge is 0.169 e. The van der Waals surface area contributed by atoms with Crippen molar-refractivity contribution in [1.82, 2.24) is 10.3 Å². The van der Waals surface area contributed by atoms with Crippen LogP contribution in [0.5, 0.6) is 0 Å². The fourth-order valence-electron chi connectivity index (χ4n) is 1.25. The van der Waals surface area contributed by atoms with Gasteiger partial charge in [0.15, 0.2) is 6.29 Å². The fraction of sp³-hybridized carbons (Fsp3) is 0.545. The van der Waals surface area contributed by atoms with Gasteiger partial charge >= 0.3 is 0 Å². The van der Waals surface area contributed by atoms with Crippen molar-refractivity contribution in [2.24, 2.45) is 0 Å². The van der Waals surface area contributed by atoms with Crippen LogP contribution in [-0.2, 0) is 15.9 Å². The molecule has 15 heavy (non-hydrogen) atoms. The summed E-state index contributed by atoms with van der Waals surface area (Å²) in [5.74, 6) is 0. The number of nitrogens with one attached hydrogen (secondary N) is 1. The van der Waals surface area contributed by atoms with E-state index >= 15 is 0 Å². The van der Waals surface area contributed by atoms with Crippen LogP contribution >= 0.6 is 0 Å². The maximum atomic E-state index is 5.05. The molecular formula is C11H18N2O2. The van der Waals surface area contributed by atoms with E-state index in [1.54, 1.807) is 14.2 Å². The number of aromatic nitrogens is 1. The molecule has 4 heteroatoms. The van der Waals surface area contributed by atoms with E-state index in [-0.39, 0.29) is 6.29 Å². The molecule has 4 nitrogen and oxygen atoms in total. The number of nitrogens with zero attached hydrogens (tertiary/aromatic N) is 1. The van der Waals surface area contributed by atoms with Crippen LogP contribution in [0.25, 0.3) is 0 Å². The average molecular weight is 210 g/mol. The summed E-state index contributed by atoms with van der Waals surface area (Å²) < 4.78 is 10.1. The Kier molecular flexibility index (Phi) is 5.92. The molecule has 0 aliphatic rings. The van der Waals surface area contributed by atoms with Crippen molar-refractivity contribution < 1.29 is 9.47 Å². The quantitative estimate of drug-likeness (QED) is 0.535. The summed E-state index contributed by atoms with van der Waals surface area (Å²) in [6, 6.07) is 5.93. The van der Waals surface area contributed by atoms with Crippen molar-refractivity contribution >= 4 is 0 Å². The van der Waals surface area contributed by atoms with Crippen molar-refractivity contribution in [3.63, 3.8) is 0 Å². The van der Waals surface area contributed by atoms with E-state index in [1.165, 1.54) is 0 Å². The predicted molar refractivity (Wildman–Crippen MR) is 58.6 cm³/mol. The zero-order valence-electron chi connectivity index (χ0n) is 9.27. The first-order chi connectivity index (χ1) is 7.36. The molecule has 84 valence electrons. The lowest BCUT2D eigenvalue weighted by Crippen LogP contribution is -2.31. The maximum Gasteiger partial charge on any atom is 0.169 e. The molecule has 0 saturated heterocycles. The molecule has 0 aliphatic carbocycles. The highest BCUT2D eigenvalue weighted by atomic mass is 16.7. The van der Waals surface area contributed by atoms with Gasteiger partial charge in [-0.2, -0.15) is 0 Å². The van der Waals surface area contributed by atoms with E-state index in [2.05, 4.69) is 10.3 Å². The molecular weight excluding hydrogens is 192 g/mol. The number of rotatable bonds is 7. The fourth-order valence-corrected chi connectivity index (χ4v) is 1.25. The Hall–Kier alpha value is -0.970. The summed E-state index contributed by atoms with van der Waals surface area (Å²) in [4.78, 5) is 4.23. The highest BCUT2D eigenvalue weighted by Gasteiger charge is 2.02. The van der Waals surface area contributed by atoms with E-state index in [0.717, 1.165) is 18.7 Å². The van der Waals surface area contributed by atoms with E-state index < -0.39 is 0 Å². The van der Waals surface area contributed by atoms with Crippen molar-refractivity contribution in [2.75, 3.05) is 27.3 Å². The number of hydrogen-bond acceptors (Lipinski definition) is 4. The van der Waals surface area contributed by atoms with Crippen LogP contribution in [0.3, 0.4) is 0 Å². The van der Waals surface area contributed by atoms with Crippen LogP contribution in [0, 0.1) is 0 Å². The second kappa shape index (κ2) is 7.34. The molecule has 0 bridgehead atoms. The van der Waals surface area contributed by atoms with Gasteiger partial charge in [-0.1, -0.05) is 6.07 Å². The molecule has 1 aromatic heterocycles. The maximum absolute atomic E-state index is 5.05. The van der Waals surface area contributed by atoms with Gasteiger partial charge in [0.05, 0.1) is 0 Å². The Morgan fingerprint density at radius 3 is 2.73 bits per heavy atom. The summed E-state index contributed by atoms with van der Waals surface area (Å²) in [5, 5.41) is 3.25. The first kappa shape index (κ1) is 12.1. The van der Waals surface area contributed by atoms with Crippen LogP contribution in [0.2, 0.25) is 0 Å². The third-order valence-corrected chi connectivity index (χ3v) is 2.12. The SMILES string of the molecule is COC(CNCCc1ccccn1)OC. The number of hydrogen-bond donors (Lipinski definition) is 1. The minimum Gasteiger partial charge on any atom is -0.355 e. The first-order valence-electron chi connectivity index (χ1n) is 5.03. The Morgan fingerprint density at radius 2 is 2.13 bits per heavy atom. The topological polar surface area (TPSA) is 43.4 Å². The first-order valence-corrected chi connectivity index (χ1v) is 5.03. The molecule has 0 radical (unpaired) electrons. The van der Waals surface area contributed by atoms with Crippen LogP contribution in [0.15, 0.2) is 24.4 Å². The molecule has 1 aromatic rings. The van der Waals surface area contributed by atoms with Crippen molar-refractivity contribution in [2.45, 2.75) is 12.7 Å². The van der Waals surface area contributed by atoms with Gasteiger partial charge in [-0.15, -0.1) is 0 Å². The van der Waals surface area contributed by atoms with E-state index in [1.807, 2.05) is 24.4 Å². The molecule has 0 saturated carbocycles. The Labute approximate surface area is 90.6 Å².